The van der Waals surface area contributed by atoms with Gasteiger partial charge in [0.15, 0.2) is 0 Å². The molecule has 1 saturated heterocycles. The summed E-state index contributed by atoms with van der Waals surface area (Å²) in [6, 6.07) is 10.6. The van der Waals surface area contributed by atoms with Crippen LogP contribution in [0.2, 0.25) is 0 Å². The van der Waals surface area contributed by atoms with Crippen LogP contribution in [0.5, 0.6) is 5.75 Å². The summed E-state index contributed by atoms with van der Waals surface area (Å²) in [7, 11) is 1.53. The molecule has 3 aromatic heterocycles. The predicted molar refractivity (Wildman–Crippen MR) is 135 cm³/mol. The second kappa shape index (κ2) is 10.4. The van der Waals surface area contributed by atoms with Gasteiger partial charge in [-0.25, -0.2) is 9.67 Å². The Morgan fingerprint density at radius 1 is 1.22 bits per heavy atom. The standard InChI is InChI=1S/C26H25N7O4/c1-3-25(34)32-11-5-6-19(14-32)33-15-23(30-31-33)17-9-10-21(24(12-17)36-2)29-26(35)22-8-4-7-20(28-22)18-13-27-37-16-18/h3-4,7-10,12-13,15-16,19H,1,5-6,11,14H2,2H3,(H,29,35). The summed E-state index contributed by atoms with van der Waals surface area (Å²) in [6.07, 6.45) is 7.99. The average molecular weight is 500 g/mol. The number of nitrogens with zero attached hydrogens (tertiary/aromatic N) is 6. The quantitative estimate of drug-likeness (QED) is 0.382. The molecule has 0 bridgehead atoms. The summed E-state index contributed by atoms with van der Waals surface area (Å²) in [5.74, 6) is 0.00931. The van der Waals surface area contributed by atoms with Crippen LogP contribution in [0.15, 0.2) is 72.2 Å². The number of anilines is 1. The molecule has 11 heteroatoms. The SMILES string of the molecule is C=CC(=O)N1CCCC(n2cc(-c3ccc(NC(=O)c4cccc(-c5cnoc5)n4)c(OC)c3)nn2)C1. The van der Waals surface area contributed by atoms with Gasteiger partial charge in [0.2, 0.25) is 5.91 Å². The van der Waals surface area contributed by atoms with Crippen molar-refractivity contribution in [2.75, 3.05) is 25.5 Å². The number of ether oxygens (including phenoxy) is 1. The molecule has 1 fully saturated rings. The van der Waals surface area contributed by atoms with Crippen molar-refractivity contribution >= 4 is 17.5 Å². The van der Waals surface area contributed by atoms with E-state index in [4.69, 9.17) is 9.26 Å². The third kappa shape index (κ3) is 5.10. The van der Waals surface area contributed by atoms with Crippen molar-refractivity contribution in [3.05, 3.63) is 73.4 Å². The van der Waals surface area contributed by atoms with Crippen LogP contribution >= 0.6 is 0 Å². The van der Waals surface area contributed by atoms with Crippen molar-refractivity contribution in [1.82, 2.24) is 30.0 Å². The summed E-state index contributed by atoms with van der Waals surface area (Å²) in [6.45, 7) is 4.86. The molecule has 1 aromatic carbocycles. The first-order valence-corrected chi connectivity index (χ1v) is 11.8. The minimum atomic E-state index is -0.383. The van der Waals surface area contributed by atoms with Crippen molar-refractivity contribution in [3.8, 4) is 28.3 Å². The fraction of sp³-hybridized carbons (Fsp3) is 0.231. The smallest absolute Gasteiger partial charge is 0.274 e. The van der Waals surface area contributed by atoms with E-state index in [9.17, 15) is 9.59 Å². The van der Waals surface area contributed by atoms with Gasteiger partial charge in [0.1, 0.15) is 23.4 Å². The van der Waals surface area contributed by atoms with Crippen LogP contribution in [0.3, 0.4) is 0 Å². The minimum absolute atomic E-state index is 0.0421. The van der Waals surface area contributed by atoms with E-state index in [2.05, 4.69) is 32.3 Å². The zero-order chi connectivity index (χ0) is 25.8. The number of likely N-dealkylation sites (tertiary alicyclic amines) is 1. The first-order valence-electron chi connectivity index (χ1n) is 11.8. The highest BCUT2D eigenvalue weighted by atomic mass is 16.5. The van der Waals surface area contributed by atoms with Gasteiger partial charge in [-0.15, -0.1) is 5.10 Å². The van der Waals surface area contributed by atoms with E-state index in [1.165, 1.54) is 25.6 Å². The maximum Gasteiger partial charge on any atom is 0.274 e. The van der Waals surface area contributed by atoms with E-state index in [0.29, 0.717) is 41.5 Å². The van der Waals surface area contributed by atoms with Crippen molar-refractivity contribution in [2.24, 2.45) is 0 Å². The molecule has 1 atom stereocenters. The lowest BCUT2D eigenvalue weighted by Gasteiger charge is -2.31. The Labute approximate surface area is 212 Å². The number of carbonyl (C=O) groups excluding carboxylic acids is 2. The molecular weight excluding hydrogens is 474 g/mol. The van der Waals surface area contributed by atoms with E-state index < -0.39 is 0 Å². The van der Waals surface area contributed by atoms with Gasteiger partial charge in [0, 0.05) is 18.7 Å². The highest BCUT2D eigenvalue weighted by Crippen LogP contribution is 2.31. The number of amides is 2. The van der Waals surface area contributed by atoms with E-state index in [0.717, 1.165) is 18.4 Å². The molecular formula is C26H25N7O4. The van der Waals surface area contributed by atoms with Crippen molar-refractivity contribution < 1.29 is 18.8 Å². The number of aromatic nitrogens is 5. The van der Waals surface area contributed by atoms with E-state index in [1.54, 1.807) is 39.9 Å². The molecule has 1 aliphatic rings. The molecule has 188 valence electrons. The minimum Gasteiger partial charge on any atom is -0.495 e. The zero-order valence-corrected chi connectivity index (χ0v) is 20.2. The highest BCUT2D eigenvalue weighted by molar-refractivity contribution is 6.04. The van der Waals surface area contributed by atoms with Crippen LogP contribution in [-0.4, -0.2) is 62.0 Å². The van der Waals surface area contributed by atoms with Gasteiger partial charge in [-0.1, -0.05) is 29.1 Å². The van der Waals surface area contributed by atoms with Crippen LogP contribution in [0.4, 0.5) is 5.69 Å². The highest BCUT2D eigenvalue weighted by Gasteiger charge is 2.25. The predicted octanol–water partition coefficient (Wildman–Crippen LogP) is 3.61. The van der Waals surface area contributed by atoms with Gasteiger partial charge in [-0.05, 0) is 43.2 Å². The molecule has 1 unspecified atom stereocenters. The third-order valence-corrected chi connectivity index (χ3v) is 6.22. The molecule has 1 N–H and O–H groups in total. The van der Waals surface area contributed by atoms with Crippen molar-refractivity contribution in [3.63, 3.8) is 0 Å². The Kier molecular flexibility index (Phi) is 6.75. The largest absolute Gasteiger partial charge is 0.495 e. The molecule has 37 heavy (non-hydrogen) atoms. The molecule has 4 heterocycles. The molecule has 0 saturated carbocycles. The van der Waals surface area contributed by atoms with Crippen LogP contribution < -0.4 is 10.1 Å². The number of hydrogen-bond donors (Lipinski definition) is 1. The molecule has 0 spiro atoms. The number of benzene rings is 1. The maximum atomic E-state index is 12.9. The second-order valence-corrected chi connectivity index (χ2v) is 8.56. The Balaban J connectivity index is 1.32. The first kappa shape index (κ1) is 23.9. The number of piperidine rings is 1. The topological polar surface area (TPSA) is 128 Å². The summed E-state index contributed by atoms with van der Waals surface area (Å²) < 4.78 is 12.2. The van der Waals surface area contributed by atoms with Crippen molar-refractivity contribution in [2.45, 2.75) is 18.9 Å². The van der Waals surface area contributed by atoms with Crippen LogP contribution in [-0.2, 0) is 4.79 Å². The lowest BCUT2D eigenvalue weighted by Crippen LogP contribution is -2.40. The van der Waals surface area contributed by atoms with Crippen LogP contribution in [0.25, 0.3) is 22.5 Å². The van der Waals surface area contributed by atoms with Crippen LogP contribution in [0, 0.1) is 0 Å². The Morgan fingerprint density at radius 2 is 2.11 bits per heavy atom. The van der Waals surface area contributed by atoms with Gasteiger partial charge >= 0.3 is 0 Å². The first-order chi connectivity index (χ1) is 18.1. The molecule has 0 aliphatic carbocycles. The monoisotopic (exact) mass is 499 g/mol. The van der Waals surface area contributed by atoms with Gasteiger partial charge in [0.25, 0.3) is 5.91 Å². The lowest BCUT2D eigenvalue weighted by molar-refractivity contribution is -0.127. The molecule has 5 rings (SSSR count). The molecule has 11 nitrogen and oxygen atoms in total. The number of nitrogens with one attached hydrogen (secondary N) is 1. The fourth-order valence-corrected chi connectivity index (χ4v) is 4.28. The number of rotatable bonds is 7. The maximum absolute atomic E-state index is 12.9. The van der Waals surface area contributed by atoms with Gasteiger partial charge in [-0.2, -0.15) is 0 Å². The summed E-state index contributed by atoms with van der Waals surface area (Å²) >= 11 is 0. The number of hydrogen-bond acceptors (Lipinski definition) is 8. The lowest BCUT2D eigenvalue weighted by atomic mass is 10.1. The third-order valence-electron chi connectivity index (χ3n) is 6.22. The van der Waals surface area contributed by atoms with E-state index in [-0.39, 0.29) is 23.6 Å². The number of methoxy groups -OCH3 is 1. The molecule has 2 amide bonds. The normalized spacial score (nSPS) is 15.3. The van der Waals surface area contributed by atoms with Gasteiger partial charge < -0.3 is 19.5 Å². The van der Waals surface area contributed by atoms with Crippen LogP contribution in [0.1, 0.15) is 29.4 Å². The number of carbonyl (C=O) groups is 2. The van der Waals surface area contributed by atoms with Gasteiger partial charge in [-0.3, -0.25) is 9.59 Å². The molecule has 4 aromatic rings. The summed E-state index contributed by atoms with van der Waals surface area (Å²) in [5.41, 5.74) is 3.43. The van der Waals surface area contributed by atoms with E-state index >= 15 is 0 Å². The number of pyridine rings is 1. The van der Waals surface area contributed by atoms with Gasteiger partial charge in [0.05, 0.1) is 42.5 Å². The Bertz CT molecular complexity index is 1430. The molecule has 0 radical (unpaired) electrons. The Hall–Kier alpha value is -4.80. The van der Waals surface area contributed by atoms with E-state index in [1.807, 2.05) is 12.3 Å². The fourth-order valence-electron chi connectivity index (χ4n) is 4.28. The second-order valence-electron chi connectivity index (χ2n) is 8.56. The summed E-state index contributed by atoms with van der Waals surface area (Å²) in [5, 5.41) is 15.2. The molecule has 1 aliphatic heterocycles. The Morgan fingerprint density at radius 3 is 2.89 bits per heavy atom. The summed E-state index contributed by atoms with van der Waals surface area (Å²) in [4.78, 5) is 31.1. The van der Waals surface area contributed by atoms with Crippen molar-refractivity contribution in [1.29, 1.82) is 0 Å². The average Bonchev–Trinajstić information content (AvgIpc) is 3.66. The zero-order valence-electron chi connectivity index (χ0n) is 20.2.